The molecule has 0 unspecified atom stereocenters. The Morgan fingerprint density at radius 3 is 2.11 bits per heavy atom. The predicted octanol–water partition coefficient (Wildman–Crippen LogP) is 4.22. The van der Waals surface area contributed by atoms with E-state index >= 15 is 0 Å². The van der Waals surface area contributed by atoms with Crippen molar-refractivity contribution in [1.82, 2.24) is 14.7 Å². The number of halogens is 1. The van der Waals surface area contributed by atoms with Gasteiger partial charge in [-0.3, -0.25) is 14.5 Å². The van der Waals surface area contributed by atoms with Crippen LogP contribution in [0.25, 0.3) is 0 Å². The first kappa shape index (κ1) is 29.2. The van der Waals surface area contributed by atoms with Gasteiger partial charge in [0.25, 0.3) is 5.91 Å². The molecule has 0 radical (unpaired) electrons. The fourth-order valence-electron chi connectivity index (χ4n) is 4.61. The number of hydrogen-bond acceptors (Lipinski definition) is 6. The van der Waals surface area contributed by atoms with Crippen molar-refractivity contribution in [3.8, 4) is 17.2 Å². The molecule has 0 aromatic heterocycles. The van der Waals surface area contributed by atoms with E-state index in [9.17, 15) is 14.0 Å². The standard InChI is InChI=1S/C29H40FN3O5/c1-5-6-7-8-27(34)33(21-22-9-11-24(30)12-10-22)18-15-31-13-16-32(17-14-31)29(35)23-19-25(36-2)28(38-4)26(20-23)37-3/h9-12,19-20H,5-8,13-18,21H2,1-4H3. The molecule has 0 bridgehead atoms. The van der Waals surface area contributed by atoms with Crippen LogP contribution in [0, 0.1) is 5.82 Å². The average Bonchev–Trinajstić information content (AvgIpc) is 2.95. The minimum atomic E-state index is -0.284. The molecular weight excluding hydrogens is 489 g/mol. The maximum Gasteiger partial charge on any atom is 0.254 e. The number of benzene rings is 2. The molecule has 1 aliphatic heterocycles. The largest absolute Gasteiger partial charge is 0.493 e. The van der Waals surface area contributed by atoms with Gasteiger partial charge in [0, 0.05) is 57.8 Å². The van der Waals surface area contributed by atoms with Crippen LogP contribution < -0.4 is 14.2 Å². The molecule has 2 amide bonds. The monoisotopic (exact) mass is 529 g/mol. The Labute approximate surface area is 225 Å². The highest BCUT2D eigenvalue weighted by Crippen LogP contribution is 2.38. The third-order valence-electron chi connectivity index (χ3n) is 6.89. The first-order chi connectivity index (χ1) is 18.4. The van der Waals surface area contributed by atoms with Crippen LogP contribution in [0.5, 0.6) is 17.2 Å². The molecule has 1 saturated heterocycles. The lowest BCUT2D eigenvalue weighted by atomic mass is 10.1. The molecule has 38 heavy (non-hydrogen) atoms. The lowest BCUT2D eigenvalue weighted by Crippen LogP contribution is -2.50. The summed E-state index contributed by atoms with van der Waals surface area (Å²) in [5, 5.41) is 0. The molecule has 1 aliphatic rings. The molecule has 2 aromatic rings. The second-order valence-electron chi connectivity index (χ2n) is 9.45. The van der Waals surface area contributed by atoms with Crippen molar-refractivity contribution in [3.05, 3.63) is 53.3 Å². The zero-order valence-electron chi connectivity index (χ0n) is 23.0. The zero-order valence-corrected chi connectivity index (χ0v) is 23.0. The number of methoxy groups -OCH3 is 3. The van der Waals surface area contributed by atoms with Crippen molar-refractivity contribution in [1.29, 1.82) is 0 Å². The van der Waals surface area contributed by atoms with Gasteiger partial charge in [0.15, 0.2) is 11.5 Å². The minimum Gasteiger partial charge on any atom is -0.493 e. The molecule has 0 saturated carbocycles. The minimum absolute atomic E-state index is 0.0899. The number of carbonyl (C=O) groups is 2. The highest BCUT2D eigenvalue weighted by molar-refractivity contribution is 5.95. The quantitative estimate of drug-likeness (QED) is 0.362. The van der Waals surface area contributed by atoms with Gasteiger partial charge in [0.1, 0.15) is 5.82 Å². The van der Waals surface area contributed by atoms with E-state index in [4.69, 9.17) is 14.2 Å². The summed E-state index contributed by atoms with van der Waals surface area (Å²) in [6, 6.07) is 9.67. The van der Waals surface area contributed by atoms with Crippen molar-refractivity contribution < 1.29 is 28.2 Å². The molecule has 3 rings (SSSR count). The highest BCUT2D eigenvalue weighted by Gasteiger charge is 2.25. The number of ether oxygens (including phenoxy) is 3. The molecule has 8 nitrogen and oxygen atoms in total. The second-order valence-corrected chi connectivity index (χ2v) is 9.45. The van der Waals surface area contributed by atoms with E-state index in [1.165, 1.54) is 33.5 Å². The number of unbranched alkanes of at least 4 members (excludes halogenated alkanes) is 2. The molecule has 208 valence electrons. The van der Waals surface area contributed by atoms with Crippen molar-refractivity contribution in [2.45, 2.75) is 39.2 Å². The Balaban J connectivity index is 1.58. The average molecular weight is 530 g/mol. The first-order valence-electron chi connectivity index (χ1n) is 13.2. The van der Waals surface area contributed by atoms with Gasteiger partial charge in [-0.1, -0.05) is 31.9 Å². The lowest BCUT2D eigenvalue weighted by Gasteiger charge is -2.36. The molecule has 2 aromatic carbocycles. The van der Waals surface area contributed by atoms with Crippen LogP contribution in [0.1, 0.15) is 48.5 Å². The Morgan fingerprint density at radius 1 is 0.921 bits per heavy atom. The van der Waals surface area contributed by atoms with Crippen molar-refractivity contribution >= 4 is 11.8 Å². The Kier molecular flexibility index (Phi) is 11.2. The van der Waals surface area contributed by atoms with Gasteiger partial charge in [-0.05, 0) is 36.2 Å². The van der Waals surface area contributed by atoms with Crippen molar-refractivity contribution in [2.24, 2.45) is 0 Å². The number of carbonyl (C=O) groups excluding carboxylic acids is 2. The third kappa shape index (κ3) is 7.84. The van der Waals surface area contributed by atoms with E-state index in [0.29, 0.717) is 75.0 Å². The number of piperazine rings is 1. The summed E-state index contributed by atoms with van der Waals surface area (Å²) < 4.78 is 29.5. The van der Waals surface area contributed by atoms with Gasteiger partial charge in [0.05, 0.1) is 21.3 Å². The number of amides is 2. The fourth-order valence-corrected chi connectivity index (χ4v) is 4.61. The maximum absolute atomic E-state index is 13.4. The van der Waals surface area contributed by atoms with E-state index in [1.807, 2.05) is 9.80 Å². The van der Waals surface area contributed by atoms with Crippen LogP contribution in [-0.4, -0.2) is 87.1 Å². The molecule has 1 heterocycles. The molecule has 0 spiro atoms. The van der Waals surface area contributed by atoms with E-state index in [-0.39, 0.29) is 17.6 Å². The Hall–Kier alpha value is -3.33. The summed E-state index contributed by atoms with van der Waals surface area (Å²) in [5.41, 5.74) is 1.40. The smallest absolute Gasteiger partial charge is 0.254 e. The molecule has 1 fully saturated rings. The van der Waals surface area contributed by atoms with E-state index in [2.05, 4.69) is 11.8 Å². The molecule has 0 atom stereocenters. The molecule has 0 aliphatic carbocycles. The summed E-state index contributed by atoms with van der Waals surface area (Å²) in [6.07, 6.45) is 3.48. The van der Waals surface area contributed by atoms with E-state index in [0.717, 1.165) is 24.8 Å². The highest BCUT2D eigenvalue weighted by atomic mass is 19.1. The van der Waals surface area contributed by atoms with Crippen LogP contribution >= 0.6 is 0 Å². The van der Waals surface area contributed by atoms with Crippen molar-refractivity contribution in [3.63, 3.8) is 0 Å². The van der Waals surface area contributed by atoms with E-state index in [1.54, 1.807) is 24.3 Å². The fraction of sp³-hybridized carbons (Fsp3) is 0.517. The molecule has 9 heteroatoms. The Bertz CT molecular complexity index is 1030. The van der Waals surface area contributed by atoms with Gasteiger partial charge >= 0.3 is 0 Å². The normalized spacial score (nSPS) is 13.8. The molecule has 0 N–H and O–H groups in total. The van der Waals surface area contributed by atoms with Gasteiger partial charge in [0.2, 0.25) is 11.7 Å². The topological polar surface area (TPSA) is 71.6 Å². The first-order valence-corrected chi connectivity index (χ1v) is 13.2. The summed E-state index contributed by atoms with van der Waals surface area (Å²) in [6.45, 7) is 6.47. The third-order valence-corrected chi connectivity index (χ3v) is 6.89. The van der Waals surface area contributed by atoms with E-state index < -0.39 is 0 Å². The summed E-state index contributed by atoms with van der Waals surface area (Å²) in [5.74, 6) is 1.09. The number of hydrogen-bond donors (Lipinski definition) is 0. The van der Waals surface area contributed by atoms with Crippen LogP contribution in [0.3, 0.4) is 0 Å². The summed E-state index contributed by atoms with van der Waals surface area (Å²) in [4.78, 5) is 32.2. The molecular formula is C29H40FN3O5. The van der Waals surface area contributed by atoms with Crippen LogP contribution in [0.2, 0.25) is 0 Å². The van der Waals surface area contributed by atoms with Gasteiger partial charge in [-0.25, -0.2) is 4.39 Å². The maximum atomic E-state index is 13.4. The predicted molar refractivity (Wildman–Crippen MR) is 144 cm³/mol. The van der Waals surface area contributed by atoms with Crippen LogP contribution in [0.4, 0.5) is 4.39 Å². The van der Waals surface area contributed by atoms with Gasteiger partial charge < -0.3 is 24.0 Å². The SMILES string of the molecule is CCCCCC(=O)N(CCN1CCN(C(=O)c2cc(OC)c(OC)c(OC)c2)CC1)Cc1ccc(F)cc1. The Morgan fingerprint density at radius 2 is 1.55 bits per heavy atom. The summed E-state index contributed by atoms with van der Waals surface area (Å²) in [7, 11) is 4.58. The van der Waals surface area contributed by atoms with Crippen LogP contribution in [0.15, 0.2) is 36.4 Å². The number of nitrogens with zero attached hydrogens (tertiary/aromatic N) is 3. The number of rotatable bonds is 13. The second kappa shape index (κ2) is 14.6. The van der Waals surface area contributed by atoms with Gasteiger partial charge in [-0.15, -0.1) is 0 Å². The zero-order chi connectivity index (χ0) is 27.5. The van der Waals surface area contributed by atoms with Gasteiger partial charge in [-0.2, -0.15) is 0 Å². The van der Waals surface area contributed by atoms with Crippen molar-refractivity contribution in [2.75, 3.05) is 60.6 Å². The van der Waals surface area contributed by atoms with Crippen LogP contribution in [-0.2, 0) is 11.3 Å². The summed E-state index contributed by atoms with van der Waals surface area (Å²) >= 11 is 0. The lowest BCUT2D eigenvalue weighted by molar-refractivity contribution is -0.132.